The second-order valence-electron chi connectivity index (χ2n) is 5.53. The van der Waals surface area contributed by atoms with Crippen LogP contribution in [0.1, 0.15) is 19.8 Å². The van der Waals surface area contributed by atoms with Crippen molar-refractivity contribution in [1.82, 2.24) is 10.2 Å². The lowest BCUT2D eigenvalue weighted by Gasteiger charge is -2.43. The minimum atomic E-state index is -1.04. The van der Waals surface area contributed by atoms with E-state index in [9.17, 15) is 19.8 Å². The topological polar surface area (TPSA) is 89.9 Å². The predicted molar refractivity (Wildman–Crippen MR) is 73.7 cm³/mol. The Labute approximate surface area is 121 Å². The van der Waals surface area contributed by atoms with Gasteiger partial charge in [0, 0.05) is 4.91 Å². The Balaban J connectivity index is 1.89. The molecule has 110 valence electrons. The van der Waals surface area contributed by atoms with Gasteiger partial charge in [0.25, 0.3) is 0 Å². The molecule has 1 unspecified atom stereocenters. The minimum absolute atomic E-state index is 0.147. The van der Waals surface area contributed by atoms with E-state index >= 15 is 0 Å². The molecule has 3 rings (SSSR count). The number of hydrogen-bond donors (Lipinski definition) is 3. The standard InChI is InChI=1S/C13H18N2O4S/c1-6(16)8-11(17)15-9(13(18)19)10(20-12(8)15)7-2-4-14-5-3-7/h6-8,12,14,16H,2-5H2,1H3,(H,18,19)/t6?,8-,12+/m0/s1. The maximum atomic E-state index is 12.1. The number of aliphatic carboxylic acids is 1. The molecule has 3 aliphatic rings. The number of carbonyl (C=O) groups is 2. The molecule has 3 heterocycles. The normalized spacial score (nSPS) is 32.1. The fourth-order valence-electron chi connectivity index (χ4n) is 3.18. The van der Waals surface area contributed by atoms with Crippen molar-refractivity contribution in [1.29, 1.82) is 0 Å². The number of nitrogens with zero attached hydrogens (tertiary/aromatic N) is 1. The van der Waals surface area contributed by atoms with E-state index in [-0.39, 0.29) is 22.9 Å². The Kier molecular flexibility index (Phi) is 3.51. The molecule has 3 N–H and O–H groups in total. The van der Waals surface area contributed by atoms with Crippen LogP contribution in [0.2, 0.25) is 0 Å². The fraction of sp³-hybridized carbons (Fsp3) is 0.692. The first kappa shape index (κ1) is 13.9. The SMILES string of the molecule is CC(O)[C@H]1C(=O)N2C(C(=O)O)=C(C3CCNCC3)S[C@H]12. The Morgan fingerprint density at radius 2 is 2.10 bits per heavy atom. The lowest BCUT2D eigenvalue weighted by Crippen LogP contribution is -2.60. The first-order valence-electron chi connectivity index (χ1n) is 6.88. The summed E-state index contributed by atoms with van der Waals surface area (Å²) in [5, 5.41) is 22.1. The smallest absolute Gasteiger partial charge is 0.353 e. The Morgan fingerprint density at radius 1 is 1.45 bits per heavy atom. The second kappa shape index (κ2) is 5.05. The van der Waals surface area contributed by atoms with Crippen LogP contribution in [-0.4, -0.2) is 51.6 Å². The maximum absolute atomic E-state index is 12.1. The molecule has 6 nitrogen and oxygen atoms in total. The van der Waals surface area contributed by atoms with Crippen molar-refractivity contribution in [3.63, 3.8) is 0 Å². The number of hydrogen-bond acceptors (Lipinski definition) is 5. The van der Waals surface area contributed by atoms with E-state index in [2.05, 4.69) is 5.32 Å². The van der Waals surface area contributed by atoms with Gasteiger partial charge in [-0.05, 0) is 38.8 Å². The quantitative estimate of drug-likeness (QED) is 0.645. The average Bonchev–Trinajstić information content (AvgIpc) is 2.74. The summed E-state index contributed by atoms with van der Waals surface area (Å²) < 4.78 is 0. The molecule has 0 aromatic rings. The molecule has 0 spiro atoms. The number of amides is 1. The van der Waals surface area contributed by atoms with Crippen LogP contribution in [-0.2, 0) is 9.59 Å². The van der Waals surface area contributed by atoms with Crippen molar-refractivity contribution < 1.29 is 19.8 Å². The van der Waals surface area contributed by atoms with Gasteiger partial charge in [-0.15, -0.1) is 11.8 Å². The number of carboxylic acids is 1. The van der Waals surface area contributed by atoms with E-state index in [0.29, 0.717) is 0 Å². The number of carboxylic acid groups (broad SMARTS) is 1. The van der Waals surface area contributed by atoms with Gasteiger partial charge in [-0.1, -0.05) is 0 Å². The van der Waals surface area contributed by atoms with Crippen LogP contribution < -0.4 is 5.32 Å². The molecule has 0 aromatic carbocycles. The lowest BCUT2D eigenvalue weighted by atomic mass is 9.91. The third kappa shape index (κ3) is 1.96. The molecule has 2 fully saturated rings. The lowest BCUT2D eigenvalue weighted by molar-refractivity contribution is -0.156. The van der Waals surface area contributed by atoms with Gasteiger partial charge in [0.1, 0.15) is 11.1 Å². The Morgan fingerprint density at radius 3 is 2.65 bits per heavy atom. The zero-order valence-electron chi connectivity index (χ0n) is 11.2. The zero-order valence-corrected chi connectivity index (χ0v) is 12.0. The van der Waals surface area contributed by atoms with Crippen LogP contribution in [0.25, 0.3) is 0 Å². The number of allylic oxidation sites excluding steroid dienone is 1. The summed E-state index contributed by atoms with van der Waals surface area (Å²) in [7, 11) is 0. The van der Waals surface area contributed by atoms with Gasteiger partial charge in [0.2, 0.25) is 5.91 Å². The van der Waals surface area contributed by atoms with Crippen molar-refractivity contribution in [2.45, 2.75) is 31.2 Å². The van der Waals surface area contributed by atoms with Crippen LogP contribution in [0.4, 0.5) is 0 Å². The van der Waals surface area contributed by atoms with Gasteiger partial charge in [0.05, 0.1) is 12.0 Å². The third-order valence-corrected chi connectivity index (χ3v) is 5.76. The molecule has 0 radical (unpaired) electrons. The number of nitrogens with one attached hydrogen (secondary N) is 1. The van der Waals surface area contributed by atoms with Gasteiger partial charge in [0.15, 0.2) is 0 Å². The predicted octanol–water partition coefficient (Wildman–Crippen LogP) is 0.194. The van der Waals surface area contributed by atoms with Gasteiger partial charge in [-0.3, -0.25) is 9.69 Å². The van der Waals surface area contributed by atoms with Gasteiger partial charge in [-0.2, -0.15) is 0 Å². The third-order valence-electron chi connectivity index (χ3n) is 4.24. The number of rotatable bonds is 3. The molecule has 3 atom stereocenters. The fourth-order valence-corrected chi connectivity index (χ4v) is 4.97. The van der Waals surface area contributed by atoms with Gasteiger partial charge >= 0.3 is 5.97 Å². The molecule has 0 aromatic heterocycles. The van der Waals surface area contributed by atoms with E-state index in [4.69, 9.17) is 0 Å². The van der Waals surface area contributed by atoms with Crippen LogP contribution in [0, 0.1) is 11.8 Å². The summed E-state index contributed by atoms with van der Waals surface area (Å²) in [4.78, 5) is 25.8. The number of carbonyl (C=O) groups excluding carboxylic acids is 1. The number of fused-ring (bicyclic) bond motifs is 1. The molecule has 20 heavy (non-hydrogen) atoms. The van der Waals surface area contributed by atoms with Crippen molar-refractivity contribution >= 4 is 23.6 Å². The maximum Gasteiger partial charge on any atom is 0.353 e. The van der Waals surface area contributed by atoms with Crippen LogP contribution in [0.3, 0.4) is 0 Å². The minimum Gasteiger partial charge on any atom is -0.477 e. The van der Waals surface area contributed by atoms with Crippen LogP contribution in [0.15, 0.2) is 10.6 Å². The first-order chi connectivity index (χ1) is 9.52. The molecule has 2 saturated heterocycles. The highest BCUT2D eigenvalue weighted by atomic mass is 32.2. The molecular formula is C13H18N2O4S. The van der Waals surface area contributed by atoms with E-state index in [1.54, 1.807) is 6.92 Å². The average molecular weight is 298 g/mol. The summed E-state index contributed by atoms with van der Waals surface area (Å²) in [6, 6.07) is 0. The van der Waals surface area contributed by atoms with E-state index < -0.39 is 18.0 Å². The van der Waals surface area contributed by atoms with Crippen molar-refractivity contribution in [3.05, 3.63) is 10.6 Å². The van der Waals surface area contributed by atoms with E-state index in [1.807, 2.05) is 0 Å². The number of thioether (sulfide) groups is 1. The Bertz CT molecular complexity index is 485. The van der Waals surface area contributed by atoms with Gasteiger partial charge in [-0.25, -0.2) is 4.79 Å². The summed E-state index contributed by atoms with van der Waals surface area (Å²) in [6.07, 6.45) is 1.05. The van der Waals surface area contributed by atoms with Crippen LogP contribution in [0.5, 0.6) is 0 Å². The summed E-state index contributed by atoms with van der Waals surface area (Å²) in [5.74, 6) is -1.57. The number of aliphatic hydroxyl groups is 1. The number of β-lactam (4-membered cyclic amide) rings is 1. The highest BCUT2D eigenvalue weighted by Crippen LogP contribution is 2.53. The zero-order chi connectivity index (χ0) is 14.4. The first-order valence-corrected chi connectivity index (χ1v) is 7.76. The van der Waals surface area contributed by atoms with Crippen molar-refractivity contribution in [3.8, 4) is 0 Å². The molecule has 0 saturated carbocycles. The van der Waals surface area contributed by atoms with E-state index in [0.717, 1.165) is 30.8 Å². The second-order valence-corrected chi connectivity index (χ2v) is 6.68. The largest absolute Gasteiger partial charge is 0.477 e. The highest BCUT2D eigenvalue weighted by Gasteiger charge is 2.58. The Hall–Kier alpha value is -1.05. The van der Waals surface area contributed by atoms with Crippen molar-refractivity contribution in [2.75, 3.05) is 13.1 Å². The molecule has 0 aliphatic carbocycles. The number of aliphatic hydroxyl groups excluding tert-OH is 1. The van der Waals surface area contributed by atoms with Gasteiger partial charge < -0.3 is 15.5 Å². The summed E-state index contributed by atoms with van der Waals surface area (Å²) in [6.45, 7) is 3.34. The molecule has 7 heteroatoms. The van der Waals surface area contributed by atoms with Crippen molar-refractivity contribution in [2.24, 2.45) is 11.8 Å². The monoisotopic (exact) mass is 298 g/mol. The summed E-state index contributed by atoms with van der Waals surface area (Å²) in [5.41, 5.74) is 0.147. The van der Waals surface area contributed by atoms with Crippen LogP contribution >= 0.6 is 11.8 Å². The molecule has 0 bridgehead atoms. The number of piperidine rings is 1. The van der Waals surface area contributed by atoms with E-state index in [1.165, 1.54) is 16.7 Å². The molecule has 1 amide bonds. The molecular weight excluding hydrogens is 280 g/mol. The molecule has 3 aliphatic heterocycles. The highest BCUT2D eigenvalue weighted by molar-refractivity contribution is 8.04. The summed E-state index contributed by atoms with van der Waals surface area (Å²) >= 11 is 1.46.